The number of piperidine rings is 1. The standard InChI is InChI=1S/C7H13NO/c1-9-7-3-2-5-4-6(7)8-5/h5-8H,2-4H2,1H3. The Hall–Kier alpha value is -0.0800. The van der Waals surface area contributed by atoms with Gasteiger partial charge in [-0.1, -0.05) is 0 Å². The fourth-order valence-corrected chi connectivity index (χ4v) is 1.89. The number of rotatable bonds is 1. The SMILES string of the molecule is COC1CCC2CC1N2. The van der Waals surface area contributed by atoms with Crippen molar-refractivity contribution in [1.82, 2.24) is 5.32 Å². The Balaban J connectivity index is 1.94. The Morgan fingerprint density at radius 2 is 2.22 bits per heavy atom. The minimum absolute atomic E-state index is 0.509. The summed E-state index contributed by atoms with van der Waals surface area (Å²) in [5.74, 6) is 0. The van der Waals surface area contributed by atoms with Gasteiger partial charge in [-0.05, 0) is 19.3 Å². The average molecular weight is 127 g/mol. The lowest BCUT2D eigenvalue weighted by Crippen LogP contribution is -2.62. The molecule has 3 atom stereocenters. The number of hydrogen-bond acceptors (Lipinski definition) is 2. The van der Waals surface area contributed by atoms with Crippen LogP contribution in [0.25, 0.3) is 0 Å². The number of nitrogens with one attached hydrogen (secondary N) is 1. The first kappa shape index (κ1) is 5.69. The third-order valence-electron chi connectivity index (χ3n) is 2.54. The molecule has 52 valence electrons. The van der Waals surface area contributed by atoms with Gasteiger partial charge in [0.1, 0.15) is 0 Å². The van der Waals surface area contributed by atoms with Gasteiger partial charge in [-0.2, -0.15) is 0 Å². The number of methoxy groups -OCH3 is 1. The van der Waals surface area contributed by atoms with Gasteiger partial charge in [0.2, 0.25) is 0 Å². The predicted octanol–water partition coefficient (Wildman–Crippen LogP) is 0.526. The molecule has 0 aromatic carbocycles. The van der Waals surface area contributed by atoms with E-state index in [-0.39, 0.29) is 0 Å². The molecule has 2 aliphatic heterocycles. The molecule has 3 rings (SSSR count). The highest BCUT2D eigenvalue weighted by Gasteiger charge is 2.39. The van der Waals surface area contributed by atoms with Gasteiger partial charge in [0, 0.05) is 19.2 Å². The second-order valence-corrected chi connectivity index (χ2v) is 3.06. The maximum atomic E-state index is 5.28. The molecule has 2 heteroatoms. The molecule has 1 aliphatic carbocycles. The van der Waals surface area contributed by atoms with Crippen LogP contribution in [0.5, 0.6) is 0 Å². The van der Waals surface area contributed by atoms with Gasteiger partial charge in [0.05, 0.1) is 6.10 Å². The summed E-state index contributed by atoms with van der Waals surface area (Å²) in [7, 11) is 1.81. The average Bonchev–Trinajstić information content (AvgIpc) is 1.86. The second kappa shape index (κ2) is 1.96. The second-order valence-electron chi connectivity index (χ2n) is 3.06. The van der Waals surface area contributed by atoms with Gasteiger partial charge < -0.3 is 10.1 Å². The third kappa shape index (κ3) is 0.775. The summed E-state index contributed by atoms with van der Waals surface area (Å²) in [6, 6.07) is 1.52. The number of fused-ring (bicyclic) bond motifs is 2. The van der Waals surface area contributed by atoms with E-state index in [1.54, 1.807) is 0 Å². The molecule has 0 radical (unpaired) electrons. The van der Waals surface area contributed by atoms with Crippen LogP contribution in [0.1, 0.15) is 19.3 Å². The van der Waals surface area contributed by atoms with Gasteiger partial charge in [-0.25, -0.2) is 0 Å². The van der Waals surface area contributed by atoms with E-state index in [0.717, 1.165) is 6.04 Å². The highest BCUT2D eigenvalue weighted by Crippen LogP contribution is 2.29. The maximum Gasteiger partial charge on any atom is 0.0725 e. The van der Waals surface area contributed by atoms with Crippen molar-refractivity contribution in [2.24, 2.45) is 0 Å². The van der Waals surface area contributed by atoms with Gasteiger partial charge in [-0.3, -0.25) is 0 Å². The van der Waals surface area contributed by atoms with Crippen molar-refractivity contribution in [2.45, 2.75) is 37.5 Å². The van der Waals surface area contributed by atoms with Crippen molar-refractivity contribution < 1.29 is 4.74 Å². The van der Waals surface area contributed by atoms with Crippen LogP contribution in [-0.2, 0) is 4.74 Å². The molecule has 1 saturated carbocycles. The Morgan fingerprint density at radius 1 is 1.44 bits per heavy atom. The minimum Gasteiger partial charge on any atom is -0.380 e. The Morgan fingerprint density at radius 3 is 2.56 bits per heavy atom. The molecule has 2 saturated heterocycles. The molecule has 9 heavy (non-hydrogen) atoms. The predicted molar refractivity (Wildman–Crippen MR) is 35.4 cm³/mol. The fourth-order valence-electron chi connectivity index (χ4n) is 1.89. The van der Waals surface area contributed by atoms with E-state index in [0.29, 0.717) is 12.1 Å². The molecule has 2 heterocycles. The van der Waals surface area contributed by atoms with Gasteiger partial charge >= 0.3 is 0 Å². The van der Waals surface area contributed by atoms with E-state index in [4.69, 9.17) is 4.74 Å². The molecule has 0 aromatic heterocycles. The molecule has 2 nitrogen and oxygen atoms in total. The summed E-state index contributed by atoms with van der Waals surface area (Å²) in [5, 5.41) is 3.46. The Kier molecular flexibility index (Phi) is 1.24. The van der Waals surface area contributed by atoms with Crippen molar-refractivity contribution in [1.29, 1.82) is 0 Å². The summed E-state index contributed by atoms with van der Waals surface area (Å²) in [6.45, 7) is 0. The molecule has 0 amide bonds. The first-order chi connectivity index (χ1) is 4.40. The lowest BCUT2D eigenvalue weighted by atomic mass is 9.80. The molecule has 3 aliphatic rings. The highest BCUT2D eigenvalue weighted by molar-refractivity contribution is 4.98. The van der Waals surface area contributed by atoms with Crippen LogP contribution >= 0.6 is 0 Å². The van der Waals surface area contributed by atoms with Crippen LogP contribution in [0.3, 0.4) is 0 Å². The van der Waals surface area contributed by atoms with Crippen molar-refractivity contribution in [3.05, 3.63) is 0 Å². The van der Waals surface area contributed by atoms with Crippen LogP contribution in [0, 0.1) is 0 Å². The molecule has 0 aromatic rings. The minimum atomic E-state index is 0.509. The van der Waals surface area contributed by atoms with Gasteiger partial charge in [0.25, 0.3) is 0 Å². The van der Waals surface area contributed by atoms with E-state index in [2.05, 4.69) is 5.32 Å². The largest absolute Gasteiger partial charge is 0.380 e. The smallest absolute Gasteiger partial charge is 0.0725 e. The Bertz CT molecular complexity index is 107. The van der Waals surface area contributed by atoms with E-state index in [9.17, 15) is 0 Å². The van der Waals surface area contributed by atoms with Crippen molar-refractivity contribution in [3.8, 4) is 0 Å². The van der Waals surface area contributed by atoms with E-state index >= 15 is 0 Å². The van der Waals surface area contributed by atoms with E-state index in [1.165, 1.54) is 19.3 Å². The summed E-state index contributed by atoms with van der Waals surface area (Å²) in [5.41, 5.74) is 0. The fraction of sp³-hybridized carbons (Fsp3) is 1.00. The Labute approximate surface area is 55.6 Å². The van der Waals surface area contributed by atoms with Crippen LogP contribution in [0.4, 0.5) is 0 Å². The van der Waals surface area contributed by atoms with E-state index in [1.807, 2.05) is 7.11 Å². The summed E-state index contributed by atoms with van der Waals surface area (Å²) < 4.78 is 5.28. The summed E-state index contributed by atoms with van der Waals surface area (Å²) >= 11 is 0. The maximum absolute atomic E-state index is 5.28. The first-order valence-corrected chi connectivity index (χ1v) is 3.69. The number of hydrogen-bond donors (Lipinski definition) is 1. The molecule has 3 fully saturated rings. The zero-order valence-electron chi connectivity index (χ0n) is 5.76. The number of ether oxygens (including phenoxy) is 1. The lowest BCUT2D eigenvalue weighted by molar-refractivity contribution is -0.0143. The molecular weight excluding hydrogens is 114 g/mol. The first-order valence-electron chi connectivity index (χ1n) is 3.69. The molecule has 3 unspecified atom stereocenters. The third-order valence-corrected chi connectivity index (χ3v) is 2.54. The molecular formula is C7H13NO. The van der Waals surface area contributed by atoms with Crippen molar-refractivity contribution in [2.75, 3.05) is 7.11 Å². The van der Waals surface area contributed by atoms with Gasteiger partial charge in [0.15, 0.2) is 0 Å². The van der Waals surface area contributed by atoms with E-state index < -0.39 is 0 Å². The normalized spacial score (nSPS) is 48.3. The van der Waals surface area contributed by atoms with Crippen LogP contribution < -0.4 is 5.32 Å². The summed E-state index contributed by atoms with van der Waals surface area (Å²) in [4.78, 5) is 0. The van der Waals surface area contributed by atoms with Crippen LogP contribution in [0.15, 0.2) is 0 Å². The van der Waals surface area contributed by atoms with Gasteiger partial charge in [-0.15, -0.1) is 0 Å². The van der Waals surface area contributed by atoms with Crippen molar-refractivity contribution >= 4 is 0 Å². The quantitative estimate of drug-likeness (QED) is 0.554. The molecule has 0 spiro atoms. The lowest BCUT2D eigenvalue weighted by Gasteiger charge is -2.47. The zero-order valence-corrected chi connectivity index (χ0v) is 5.76. The van der Waals surface area contributed by atoms with Crippen LogP contribution in [-0.4, -0.2) is 25.3 Å². The van der Waals surface area contributed by atoms with Crippen molar-refractivity contribution in [3.63, 3.8) is 0 Å². The summed E-state index contributed by atoms with van der Waals surface area (Å²) in [6.07, 6.45) is 4.43. The molecule has 1 N–H and O–H groups in total. The highest BCUT2D eigenvalue weighted by atomic mass is 16.5. The monoisotopic (exact) mass is 127 g/mol. The molecule has 2 bridgehead atoms. The zero-order chi connectivity index (χ0) is 6.27. The van der Waals surface area contributed by atoms with Crippen LogP contribution in [0.2, 0.25) is 0 Å². The topological polar surface area (TPSA) is 21.3 Å².